The smallest absolute Gasteiger partial charge is 0.352 e. The molecule has 13 nitrogen and oxygen atoms in total. The summed E-state index contributed by atoms with van der Waals surface area (Å²) < 4.78 is 1.67. The lowest BCUT2D eigenvalue weighted by atomic mass is 10.0. The van der Waals surface area contributed by atoms with Crippen LogP contribution >= 0.6 is 47.3 Å². The first-order valence-electron chi connectivity index (χ1n) is 10.2. The van der Waals surface area contributed by atoms with E-state index in [4.69, 9.17) is 5.73 Å². The fourth-order valence-corrected chi connectivity index (χ4v) is 6.42. The monoisotopic (exact) mass is 561 g/mol. The Bertz CT molecular complexity index is 1140. The Morgan fingerprint density at radius 1 is 1.40 bits per heavy atom. The lowest BCUT2D eigenvalue weighted by Gasteiger charge is -2.49. The van der Waals surface area contributed by atoms with E-state index < -0.39 is 23.3 Å². The van der Waals surface area contributed by atoms with Gasteiger partial charge in [-0.05, 0) is 30.1 Å². The number of anilines is 1. The van der Waals surface area contributed by atoms with E-state index in [0.717, 1.165) is 6.54 Å². The molecule has 2 aromatic heterocycles. The molecule has 0 radical (unpaired) electrons. The zero-order valence-electron chi connectivity index (χ0n) is 18.8. The molecule has 1 saturated heterocycles. The zero-order chi connectivity index (χ0) is 24.4. The highest BCUT2D eigenvalue weighted by Gasteiger charge is 2.54. The third kappa shape index (κ3) is 6.06. The number of hydrogen-bond donors (Lipinski definition) is 3. The Morgan fingerprint density at radius 3 is 2.83 bits per heavy atom. The van der Waals surface area contributed by atoms with E-state index in [1.807, 2.05) is 19.0 Å². The van der Waals surface area contributed by atoms with Crippen LogP contribution in [0, 0.1) is 0 Å². The first-order valence-corrected chi connectivity index (χ1v) is 13.1. The number of thiazole rings is 1. The van der Waals surface area contributed by atoms with Gasteiger partial charge in [0, 0.05) is 23.4 Å². The van der Waals surface area contributed by atoms with Crippen LogP contribution in [0.3, 0.4) is 0 Å². The number of nitrogens with two attached hydrogens (primary N) is 1. The second-order valence-corrected chi connectivity index (χ2v) is 10.8. The number of tetrazole rings is 1. The van der Waals surface area contributed by atoms with Crippen LogP contribution in [0.4, 0.5) is 5.13 Å². The van der Waals surface area contributed by atoms with Gasteiger partial charge in [-0.25, -0.2) is 14.5 Å². The van der Waals surface area contributed by atoms with Gasteiger partial charge in [-0.1, -0.05) is 11.8 Å². The summed E-state index contributed by atoms with van der Waals surface area (Å²) >= 11 is 3.98. The summed E-state index contributed by atoms with van der Waals surface area (Å²) in [6.45, 7) is 1.36. The number of β-lactam (4-membered cyclic amide) rings is 1. The SMILES string of the molecule is CN(C)CCn1nnnc1SCC1=C(C(=O)O)N2C(=O)C(NC(=O)Cc3csc(N)n3)[C@H]2SC1.Cl. The number of hydrogen-bond acceptors (Lipinski definition) is 12. The van der Waals surface area contributed by atoms with Crippen LogP contribution in [0.25, 0.3) is 0 Å². The average Bonchev–Trinajstić information content (AvgIpc) is 3.41. The van der Waals surface area contributed by atoms with Crippen molar-refractivity contribution in [2.75, 3.05) is 37.9 Å². The molecule has 2 aliphatic rings. The van der Waals surface area contributed by atoms with Gasteiger partial charge < -0.3 is 21.1 Å². The fraction of sp³-hybridized carbons (Fsp3) is 0.500. The van der Waals surface area contributed by atoms with Crippen LogP contribution in [0.1, 0.15) is 5.69 Å². The molecule has 35 heavy (non-hydrogen) atoms. The molecule has 2 aromatic rings. The van der Waals surface area contributed by atoms with Crippen LogP contribution in [0.5, 0.6) is 0 Å². The number of fused-ring (bicyclic) bond motifs is 1. The third-order valence-corrected chi connectivity index (χ3v) is 8.22. The maximum absolute atomic E-state index is 12.8. The number of nitrogen functional groups attached to an aromatic ring is 1. The average molecular weight is 562 g/mol. The summed E-state index contributed by atoms with van der Waals surface area (Å²) in [5.41, 5.74) is 6.68. The summed E-state index contributed by atoms with van der Waals surface area (Å²) in [6.07, 6.45) is 0.000917. The van der Waals surface area contributed by atoms with Gasteiger partial charge in [0.2, 0.25) is 11.1 Å². The predicted molar refractivity (Wildman–Crippen MR) is 134 cm³/mol. The van der Waals surface area contributed by atoms with Crippen LogP contribution in [0.2, 0.25) is 0 Å². The molecule has 2 amide bonds. The predicted octanol–water partition coefficient (Wildman–Crippen LogP) is -0.231. The number of nitrogens with one attached hydrogen (secondary N) is 1. The topological polar surface area (TPSA) is 172 Å². The summed E-state index contributed by atoms with van der Waals surface area (Å²) in [5, 5.41) is 26.4. The first kappa shape index (κ1) is 27.2. The lowest BCUT2D eigenvalue weighted by molar-refractivity contribution is -0.150. The Labute approximate surface area is 219 Å². The summed E-state index contributed by atoms with van der Waals surface area (Å²) in [6, 6.07) is -0.782. The highest BCUT2D eigenvalue weighted by molar-refractivity contribution is 8.01. The minimum absolute atomic E-state index is 0. The summed E-state index contributed by atoms with van der Waals surface area (Å²) in [5.74, 6) is -1.24. The molecule has 2 aliphatic heterocycles. The molecule has 0 aromatic carbocycles. The van der Waals surface area contributed by atoms with Crippen molar-refractivity contribution < 1.29 is 19.5 Å². The number of amides is 2. The molecule has 0 saturated carbocycles. The molecule has 4 heterocycles. The molecule has 17 heteroatoms. The number of thioether (sulfide) groups is 2. The van der Waals surface area contributed by atoms with Gasteiger partial charge in [0.1, 0.15) is 17.1 Å². The fourth-order valence-electron chi connectivity index (χ4n) is 3.47. The highest BCUT2D eigenvalue weighted by Crippen LogP contribution is 2.41. The maximum Gasteiger partial charge on any atom is 0.352 e. The van der Waals surface area contributed by atoms with E-state index in [1.165, 1.54) is 39.8 Å². The van der Waals surface area contributed by atoms with Gasteiger partial charge in [-0.2, -0.15) is 0 Å². The molecule has 4 rings (SSSR count). The molecule has 0 aliphatic carbocycles. The Hall–Kier alpha value is -2.40. The number of nitrogens with zero attached hydrogens (tertiary/aromatic N) is 7. The molecule has 190 valence electrons. The van der Waals surface area contributed by atoms with Crippen LogP contribution in [-0.4, -0.2) is 101 Å². The number of carbonyl (C=O) groups is 3. The van der Waals surface area contributed by atoms with E-state index in [9.17, 15) is 19.5 Å². The maximum atomic E-state index is 12.8. The number of halogens is 1. The van der Waals surface area contributed by atoms with Crippen molar-refractivity contribution in [3.63, 3.8) is 0 Å². The number of carboxylic acids is 1. The lowest BCUT2D eigenvalue weighted by Crippen LogP contribution is -2.70. The zero-order valence-corrected chi connectivity index (χ0v) is 22.0. The van der Waals surface area contributed by atoms with E-state index in [2.05, 4.69) is 25.8 Å². The standard InChI is InChI=1S/C18H23N9O4S3.ClH/c1-25(2)3-4-26-18(22-23-24-26)34-7-9-6-32-15-12(14(29)27(15)13(9)16(30)31)21-11(28)5-10-8-33-17(19)20-10;/h8,12,15H,3-7H2,1-2H3,(H2,19,20)(H,21,28)(H,30,31);1H/t12?,15-;/m1./s1. The molecule has 2 atom stereocenters. The van der Waals surface area contributed by atoms with Gasteiger partial charge >= 0.3 is 5.97 Å². The number of carboxylic acid groups (broad SMARTS) is 1. The van der Waals surface area contributed by atoms with Crippen molar-refractivity contribution in [2.24, 2.45) is 0 Å². The number of aromatic nitrogens is 5. The molecule has 1 fully saturated rings. The number of aliphatic carboxylic acids is 1. The van der Waals surface area contributed by atoms with Gasteiger partial charge in [0.05, 0.1) is 18.7 Å². The van der Waals surface area contributed by atoms with Gasteiger partial charge in [-0.15, -0.1) is 40.6 Å². The van der Waals surface area contributed by atoms with E-state index in [1.54, 1.807) is 10.1 Å². The molecular weight excluding hydrogens is 538 g/mol. The Kier molecular flexibility index (Phi) is 8.98. The van der Waals surface area contributed by atoms with Crippen molar-refractivity contribution in [1.82, 2.24) is 40.3 Å². The second kappa shape index (κ2) is 11.6. The van der Waals surface area contributed by atoms with Gasteiger partial charge in [0.15, 0.2) is 5.13 Å². The quantitative estimate of drug-likeness (QED) is 0.257. The van der Waals surface area contributed by atoms with Crippen molar-refractivity contribution in [3.8, 4) is 0 Å². The van der Waals surface area contributed by atoms with Crippen molar-refractivity contribution >= 4 is 70.2 Å². The third-order valence-electron chi connectivity index (χ3n) is 5.11. The largest absolute Gasteiger partial charge is 0.477 e. The molecule has 1 unspecified atom stereocenters. The number of likely N-dealkylation sites (N-methyl/N-ethyl adjacent to an activating group) is 1. The normalized spacial score (nSPS) is 19.3. The van der Waals surface area contributed by atoms with Gasteiger partial charge in [-0.3, -0.25) is 14.5 Å². The van der Waals surface area contributed by atoms with Crippen LogP contribution in [-0.2, 0) is 27.3 Å². The van der Waals surface area contributed by atoms with Crippen molar-refractivity contribution in [2.45, 2.75) is 29.5 Å². The molecule has 4 N–H and O–H groups in total. The molecule has 0 bridgehead atoms. The molecular formula is C18H24ClN9O4S3. The minimum Gasteiger partial charge on any atom is -0.477 e. The Balaban J connectivity index is 0.00000342. The minimum atomic E-state index is -1.18. The summed E-state index contributed by atoms with van der Waals surface area (Å²) in [4.78, 5) is 44.5. The van der Waals surface area contributed by atoms with Crippen LogP contribution < -0.4 is 11.1 Å². The molecule has 0 spiro atoms. The van der Waals surface area contributed by atoms with Crippen molar-refractivity contribution in [1.29, 1.82) is 0 Å². The highest BCUT2D eigenvalue weighted by atomic mass is 35.5. The van der Waals surface area contributed by atoms with E-state index >= 15 is 0 Å². The van der Waals surface area contributed by atoms with Crippen LogP contribution in [0.15, 0.2) is 21.8 Å². The number of rotatable bonds is 10. The Morgan fingerprint density at radius 2 is 2.17 bits per heavy atom. The second-order valence-electron chi connectivity index (χ2n) is 7.84. The summed E-state index contributed by atoms with van der Waals surface area (Å²) in [7, 11) is 3.90. The van der Waals surface area contributed by atoms with Crippen molar-refractivity contribution in [3.05, 3.63) is 22.3 Å². The number of carbonyl (C=O) groups excluding carboxylic acids is 2. The van der Waals surface area contributed by atoms with E-state index in [-0.39, 0.29) is 30.4 Å². The van der Waals surface area contributed by atoms with Gasteiger partial charge in [0.25, 0.3) is 5.91 Å². The van der Waals surface area contributed by atoms with E-state index in [0.29, 0.717) is 39.6 Å². The first-order chi connectivity index (χ1) is 16.2.